The van der Waals surface area contributed by atoms with E-state index >= 15 is 0 Å². The lowest BCUT2D eigenvalue weighted by molar-refractivity contribution is 0.102. The summed E-state index contributed by atoms with van der Waals surface area (Å²) in [7, 11) is -2.05. The normalized spacial score (nSPS) is 15.3. The van der Waals surface area contributed by atoms with E-state index < -0.39 is 10.0 Å². The Morgan fingerprint density at radius 1 is 1.07 bits per heavy atom. The number of carbonyl (C=O) groups excluding carboxylic acids is 1. The Balaban J connectivity index is 1.88. The van der Waals surface area contributed by atoms with Crippen LogP contribution in [0.2, 0.25) is 0 Å². The van der Waals surface area contributed by atoms with Crippen LogP contribution in [-0.2, 0) is 10.0 Å². The van der Waals surface area contributed by atoms with Gasteiger partial charge in [0, 0.05) is 18.8 Å². The zero-order valence-corrected chi connectivity index (χ0v) is 16.4. The van der Waals surface area contributed by atoms with Crippen LogP contribution in [-0.4, -0.2) is 38.8 Å². The lowest BCUT2D eigenvalue weighted by Gasteiger charge is -2.26. The van der Waals surface area contributed by atoms with Crippen LogP contribution < -0.4 is 10.1 Å². The van der Waals surface area contributed by atoms with Crippen molar-refractivity contribution >= 4 is 21.6 Å². The molecule has 2 aromatic carbocycles. The summed E-state index contributed by atoms with van der Waals surface area (Å²) < 4.78 is 32.5. The van der Waals surface area contributed by atoms with Gasteiger partial charge in [-0.2, -0.15) is 4.31 Å². The van der Waals surface area contributed by atoms with Crippen LogP contribution in [0.3, 0.4) is 0 Å². The molecule has 0 atom stereocenters. The molecule has 1 aliphatic rings. The number of carbonyl (C=O) groups is 1. The van der Waals surface area contributed by atoms with E-state index in [1.807, 2.05) is 6.92 Å². The quantitative estimate of drug-likeness (QED) is 0.851. The Morgan fingerprint density at radius 2 is 1.78 bits per heavy atom. The van der Waals surface area contributed by atoms with Crippen LogP contribution in [0.4, 0.5) is 5.69 Å². The number of hydrogen-bond donors (Lipinski definition) is 1. The molecular weight excluding hydrogens is 364 g/mol. The first-order chi connectivity index (χ1) is 12.9. The fourth-order valence-electron chi connectivity index (χ4n) is 3.17. The SMILES string of the molecule is COc1ccccc1C(=O)Nc1cc(S(=O)(=O)N2CCCCC2)ccc1C. The number of ether oxygens (including phenoxy) is 1. The van der Waals surface area contributed by atoms with Gasteiger partial charge in [0.05, 0.1) is 17.6 Å². The number of nitrogens with one attached hydrogen (secondary N) is 1. The summed E-state index contributed by atoms with van der Waals surface area (Å²) in [6, 6.07) is 11.8. The third kappa shape index (κ3) is 4.14. The Morgan fingerprint density at radius 3 is 2.48 bits per heavy atom. The second-order valence-corrected chi connectivity index (χ2v) is 8.53. The second-order valence-electron chi connectivity index (χ2n) is 6.60. The van der Waals surface area contributed by atoms with E-state index in [1.54, 1.807) is 36.4 Å². The summed E-state index contributed by atoms with van der Waals surface area (Å²) in [6.45, 7) is 2.91. The van der Waals surface area contributed by atoms with Crippen LogP contribution in [0.15, 0.2) is 47.4 Å². The van der Waals surface area contributed by atoms with Crippen LogP contribution in [0.1, 0.15) is 35.2 Å². The largest absolute Gasteiger partial charge is 0.496 e. The number of aryl methyl sites for hydroxylation is 1. The molecule has 0 spiro atoms. The number of sulfonamides is 1. The second kappa shape index (κ2) is 8.10. The highest BCUT2D eigenvalue weighted by molar-refractivity contribution is 7.89. The number of para-hydroxylation sites is 1. The number of hydrogen-bond acceptors (Lipinski definition) is 4. The topological polar surface area (TPSA) is 75.7 Å². The molecule has 2 aromatic rings. The molecule has 1 N–H and O–H groups in total. The molecule has 7 heteroatoms. The maximum atomic E-state index is 12.9. The highest BCUT2D eigenvalue weighted by Gasteiger charge is 2.26. The van der Waals surface area contributed by atoms with E-state index in [4.69, 9.17) is 4.74 Å². The van der Waals surface area contributed by atoms with Crippen LogP contribution >= 0.6 is 0 Å². The Hall–Kier alpha value is -2.38. The van der Waals surface area contributed by atoms with Gasteiger partial charge in [-0.15, -0.1) is 0 Å². The maximum absolute atomic E-state index is 12.9. The molecule has 1 fully saturated rings. The molecule has 1 amide bonds. The van der Waals surface area contributed by atoms with Crippen LogP contribution in [0.5, 0.6) is 5.75 Å². The van der Waals surface area contributed by atoms with Gasteiger partial charge in [-0.3, -0.25) is 4.79 Å². The van der Waals surface area contributed by atoms with Gasteiger partial charge in [0.1, 0.15) is 5.75 Å². The fourth-order valence-corrected chi connectivity index (χ4v) is 4.72. The number of rotatable bonds is 5. The van der Waals surface area contributed by atoms with Crippen molar-refractivity contribution in [3.05, 3.63) is 53.6 Å². The van der Waals surface area contributed by atoms with Gasteiger partial charge < -0.3 is 10.1 Å². The third-order valence-corrected chi connectivity index (χ3v) is 6.66. The predicted molar refractivity (Wildman–Crippen MR) is 105 cm³/mol. The average Bonchev–Trinajstić information content (AvgIpc) is 2.70. The molecule has 0 saturated carbocycles. The number of amides is 1. The summed E-state index contributed by atoms with van der Waals surface area (Å²) in [6.07, 6.45) is 2.81. The van der Waals surface area contributed by atoms with Crippen molar-refractivity contribution in [2.75, 3.05) is 25.5 Å². The van der Waals surface area contributed by atoms with Crippen LogP contribution in [0.25, 0.3) is 0 Å². The molecule has 0 radical (unpaired) electrons. The van der Waals surface area contributed by atoms with Crippen molar-refractivity contribution < 1.29 is 17.9 Å². The fraction of sp³-hybridized carbons (Fsp3) is 0.350. The summed E-state index contributed by atoms with van der Waals surface area (Å²) in [5.41, 5.74) is 1.66. The molecular formula is C20H24N2O4S. The van der Waals surface area contributed by atoms with Gasteiger partial charge in [0.15, 0.2) is 0 Å². The molecule has 0 bridgehead atoms. The lowest BCUT2D eigenvalue weighted by atomic mass is 10.1. The summed E-state index contributed by atoms with van der Waals surface area (Å²) in [4.78, 5) is 12.9. The minimum atomic E-state index is -3.56. The standard InChI is InChI=1S/C20H24N2O4S/c1-15-10-11-16(27(24,25)22-12-6-3-7-13-22)14-18(15)21-20(23)17-8-4-5-9-19(17)26-2/h4-5,8-11,14H,3,6-7,12-13H2,1-2H3,(H,21,23). The first-order valence-corrected chi connectivity index (χ1v) is 10.4. The van der Waals surface area contributed by atoms with Crippen molar-refractivity contribution in [2.24, 2.45) is 0 Å². The van der Waals surface area contributed by atoms with E-state index in [1.165, 1.54) is 17.5 Å². The van der Waals surface area contributed by atoms with E-state index in [9.17, 15) is 13.2 Å². The molecule has 144 valence electrons. The number of anilines is 1. The monoisotopic (exact) mass is 388 g/mol. The van der Waals surface area contributed by atoms with Gasteiger partial charge in [0.2, 0.25) is 10.0 Å². The third-order valence-electron chi connectivity index (χ3n) is 4.76. The Labute approximate surface area is 160 Å². The smallest absolute Gasteiger partial charge is 0.259 e. The van der Waals surface area contributed by atoms with Gasteiger partial charge in [0.25, 0.3) is 5.91 Å². The highest BCUT2D eigenvalue weighted by atomic mass is 32.2. The predicted octanol–water partition coefficient (Wildman–Crippen LogP) is 3.43. The van der Waals surface area contributed by atoms with E-state index in [0.717, 1.165) is 24.8 Å². The first kappa shape index (κ1) is 19.4. The molecule has 3 rings (SSSR count). The van der Waals surface area contributed by atoms with Gasteiger partial charge in [-0.25, -0.2) is 8.42 Å². The van der Waals surface area contributed by atoms with E-state index in [2.05, 4.69) is 5.32 Å². The number of methoxy groups -OCH3 is 1. The maximum Gasteiger partial charge on any atom is 0.259 e. The summed E-state index contributed by atoms with van der Waals surface area (Å²) >= 11 is 0. The van der Waals surface area contributed by atoms with Gasteiger partial charge in [-0.05, 0) is 49.6 Å². The van der Waals surface area contributed by atoms with Crippen molar-refractivity contribution in [3.63, 3.8) is 0 Å². The number of nitrogens with zero attached hydrogens (tertiary/aromatic N) is 1. The first-order valence-electron chi connectivity index (χ1n) is 8.98. The van der Waals surface area contributed by atoms with E-state index in [-0.39, 0.29) is 10.8 Å². The molecule has 1 saturated heterocycles. The van der Waals surface area contributed by atoms with E-state index in [0.29, 0.717) is 30.1 Å². The molecule has 0 unspecified atom stereocenters. The zero-order chi connectivity index (χ0) is 19.4. The summed E-state index contributed by atoms with van der Waals surface area (Å²) in [5, 5.41) is 2.81. The number of piperidine rings is 1. The zero-order valence-electron chi connectivity index (χ0n) is 15.6. The minimum absolute atomic E-state index is 0.199. The highest BCUT2D eigenvalue weighted by Crippen LogP contribution is 2.26. The van der Waals surface area contributed by atoms with Gasteiger partial charge in [-0.1, -0.05) is 24.6 Å². The molecule has 1 heterocycles. The Kier molecular flexibility index (Phi) is 5.82. The van der Waals surface area contributed by atoms with Gasteiger partial charge >= 0.3 is 0 Å². The molecule has 0 aromatic heterocycles. The molecule has 1 aliphatic heterocycles. The average molecular weight is 388 g/mol. The Bertz CT molecular complexity index is 935. The van der Waals surface area contributed by atoms with Crippen molar-refractivity contribution in [1.82, 2.24) is 4.31 Å². The van der Waals surface area contributed by atoms with Crippen LogP contribution in [0, 0.1) is 6.92 Å². The molecule has 0 aliphatic carbocycles. The lowest BCUT2D eigenvalue weighted by Crippen LogP contribution is -2.35. The minimum Gasteiger partial charge on any atom is -0.496 e. The molecule has 27 heavy (non-hydrogen) atoms. The summed E-state index contributed by atoms with van der Waals surface area (Å²) in [5.74, 6) is 0.118. The van der Waals surface area contributed by atoms with Crippen molar-refractivity contribution in [1.29, 1.82) is 0 Å². The number of benzene rings is 2. The molecule has 6 nitrogen and oxygen atoms in total. The van der Waals surface area contributed by atoms with Crippen molar-refractivity contribution in [3.8, 4) is 5.75 Å². The van der Waals surface area contributed by atoms with Crippen molar-refractivity contribution in [2.45, 2.75) is 31.1 Å².